The number of aromatic amines is 2. The number of fused-ring (bicyclic) bond motifs is 2. The summed E-state index contributed by atoms with van der Waals surface area (Å²) >= 11 is 0. The lowest BCUT2D eigenvalue weighted by Crippen LogP contribution is -2.68. The maximum Gasteiger partial charge on any atom is 0.407 e. The van der Waals surface area contributed by atoms with Gasteiger partial charge in [-0.3, -0.25) is 9.59 Å². The number of hydrogen-bond donors (Lipinski definition) is 3. The van der Waals surface area contributed by atoms with Gasteiger partial charge in [-0.25, -0.2) is 14.8 Å². The second-order valence-electron chi connectivity index (χ2n) is 16.1. The molecule has 2 aromatic carbocycles. The third-order valence-corrected chi connectivity index (χ3v) is 13.0. The van der Waals surface area contributed by atoms with Crippen molar-refractivity contribution >= 4 is 39.2 Å². The van der Waals surface area contributed by atoms with Crippen LogP contribution >= 0.6 is 0 Å². The van der Waals surface area contributed by atoms with E-state index in [1.54, 1.807) is 6.92 Å². The number of carbonyl (C=O) groups is 3. The molecule has 0 spiro atoms. The molecule has 55 heavy (non-hydrogen) atoms. The van der Waals surface area contributed by atoms with Crippen LogP contribution < -0.4 is 5.32 Å². The van der Waals surface area contributed by atoms with Crippen LogP contribution in [-0.2, 0) is 14.3 Å². The third-order valence-electron chi connectivity index (χ3n) is 12.1. The van der Waals surface area contributed by atoms with Crippen LogP contribution in [0, 0.1) is 35.5 Å². The van der Waals surface area contributed by atoms with Crippen molar-refractivity contribution in [2.75, 3.05) is 19.7 Å². The number of rotatable bonds is 9. The lowest BCUT2D eigenvalue weighted by atomic mass is 9.64. The van der Waals surface area contributed by atoms with Crippen LogP contribution in [0.5, 0.6) is 0 Å². The Hall–Kier alpha value is -4.89. The smallest absolute Gasteiger partial charge is 0.407 e. The number of ether oxygens (including phenoxy) is 1. The van der Waals surface area contributed by atoms with Gasteiger partial charge in [-0.1, -0.05) is 58.6 Å². The molecule has 2 aliphatic heterocycles. The van der Waals surface area contributed by atoms with Gasteiger partial charge in [-0.15, -0.1) is 0 Å². The molecule has 2 saturated heterocycles. The van der Waals surface area contributed by atoms with Crippen molar-refractivity contribution in [2.45, 2.75) is 96.8 Å². The van der Waals surface area contributed by atoms with Crippen LogP contribution in [0.25, 0.3) is 22.3 Å². The Bertz CT molecular complexity index is 2110. The summed E-state index contributed by atoms with van der Waals surface area (Å²) in [5, 5.41) is 1.54. The summed E-state index contributed by atoms with van der Waals surface area (Å²) in [7, 11) is 3.67. The number of carbonyl (C=O) groups excluding carboxylic acids is 3. The number of imidazole rings is 2. The Morgan fingerprint density at radius 1 is 0.964 bits per heavy atom. The first-order valence-electron chi connectivity index (χ1n) is 19.9. The number of H-pyrrole nitrogens is 2. The number of likely N-dealkylation sites (tertiary alicyclic amines) is 2. The predicted octanol–water partition coefficient (Wildman–Crippen LogP) is 6.67. The number of nitrogens with zero attached hydrogens (tertiary/aromatic N) is 4. The zero-order chi connectivity index (χ0) is 39.0. The number of benzene rings is 2. The van der Waals surface area contributed by atoms with Gasteiger partial charge in [0.05, 0.1) is 45.8 Å². The van der Waals surface area contributed by atoms with Crippen LogP contribution in [0.1, 0.15) is 108 Å². The van der Waals surface area contributed by atoms with E-state index in [1.807, 2.05) is 79.2 Å². The molecule has 287 valence electrons. The van der Waals surface area contributed by atoms with Crippen LogP contribution in [0.3, 0.4) is 0 Å². The number of hydrogen-bond acceptors (Lipinski definition) is 6. The molecule has 3 radical (unpaired) electrons. The van der Waals surface area contributed by atoms with E-state index < -0.39 is 11.3 Å². The molecule has 1 aliphatic carbocycles. The molecule has 7 rings (SSSR count). The Balaban J connectivity index is 0.995. The van der Waals surface area contributed by atoms with Gasteiger partial charge >= 0.3 is 6.09 Å². The van der Waals surface area contributed by atoms with Crippen molar-refractivity contribution in [1.29, 1.82) is 0 Å². The Labute approximate surface area is 327 Å². The molecule has 4 heterocycles. The first-order chi connectivity index (χ1) is 26.4. The summed E-state index contributed by atoms with van der Waals surface area (Å²) in [4.78, 5) is 60.1. The number of aromatic nitrogens is 4. The highest BCUT2D eigenvalue weighted by Gasteiger charge is 2.52. The minimum Gasteiger partial charge on any atom is -0.450 e. The zero-order valence-corrected chi connectivity index (χ0v) is 33.7. The van der Waals surface area contributed by atoms with Crippen molar-refractivity contribution < 1.29 is 19.1 Å². The van der Waals surface area contributed by atoms with E-state index in [0.29, 0.717) is 18.4 Å². The van der Waals surface area contributed by atoms with Crippen molar-refractivity contribution in [3.63, 3.8) is 0 Å². The number of amides is 3. The van der Waals surface area contributed by atoms with E-state index in [4.69, 9.17) is 14.7 Å². The molecule has 0 bridgehead atoms. The van der Waals surface area contributed by atoms with Crippen LogP contribution in [0.15, 0.2) is 48.7 Å². The summed E-state index contributed by atoms with van der Waals surface area (Å²) in [6.07, 6.45) is 5.88. The summed E-state index contributed by atoms with van der Waals surface area (Å²) in [5.74, 6) is 9.11. The molecule has 3 amide bonds. The highest BCUT2D eigenvalue weighted by atomic mass is 28.1. The number of alkyl carbamates (subject to hydrolysis) is 1. The molecular formula is C43H52N7O4Si. The van der Waals surface area contributed by atoms with Gasteiger partial charge in [0.1, 0.15) is 16.8 Å². The molecule has 11 nitrogen and oxygen atoms in total. The predicted molar refractivity (Wildman–Crippen MR) is 213 cm³/mol. The van der Waals surface area contributed by atoms with Gasteiger partial charge in [-0.2, -0.15) is 0 Å². The fourth-order valence-electron chi connectivity index (χ4n) is 8.34. The van der Waals surface area contributed by atoms with Gasteiger partial charge in [-0.05, 0) is 92.7 Å². The average molecular weight is 759 g/mol. The van der Waals surface area contributed by atoms with Crippen LogP contribution in [0.2, 0.25) is 0 Å². The van der Waals surface area contributed by atoms with Crippen LogP contribution in [-0.4, -0.2) is 88.8 Å². The Morgan fingerprint density at radius 2 is 1.67 bits per heavy atom. The van der Waals surface area contributed by atoms with Crippen molar-refractivity contribution in [2.24, 2.45) is 23.7 Å². The van der Waals surface area contributed by atoms with Gasteiger partial charge < -0.3 is 29.8 Å². The van der Waals surface area contributed by atoms with Crippen LogP contribution in [0.4, 0.5) is 4.79 Å². The minimum absolute atomic E-state index is 0.0116. The fraction of sp³-hybridized carbons (Fsp3) is 0.512. The van der Waals surface area contributed by atoms with E-state index in [1.165, 1.54) is 0 Å². The molecule has 3 N–H and O–H groups in total. The average Bonchev–Trinajstić information content (AvgIpc) is 3.93. The second kappa shape index (κ2) is 15.7. The summed E-state index contributed by atoms with van der Waals surface area (Å²) in [5.41, 5.74) is 5.58. The fourth-order valence-corrected chi connectivity index (χ4v) is 8.58. The van der Waals surface area contributed by atoms with Gasteiger partial charge in [0.15, 0.2) is 0 Å². The van der Waals surface area contributed by atoms with Gasteiger partial charge in [0.2, 0.25) is 11.8 Å². The summed E-state index contributed by atoms with van der Waals surface area (Å²) in [6, 6.07) is 14.3. The van der Waals surface area contributed by atoms with Crippen molar-refractivity contribution in [3.05, 3.63) is 71.4 Å². The van der Waals surface area contributed by atoms with E-state index in [9.17, 15) is 14.4 Å². The van der Waals surface area contributed by atoms with E-state index in [-0.39, 0.29) is 48.3 Å². The SMILES string of the molecule is CCOC(=O)NC([Si])(C(=O)N1CCCC2C(c3nc4ccc(C#Cc5ccc(-c6cnc(C7CCCN7C(=O)C(C)C(C)C)[nH]6)cc5)cc4[nH]3)CC21)C(C)C. The first kappa shape index (κ1) is 38.4. The standard InChI is InChI=1S/C43H52N7O4Si/c1-7-54-42(53)48-43(55,26(4)5)41(52)50-21-8-10-31-32(23-37(31)50)38-45-33-19-16-29(22-34(33)46-38)13-12-28-14-17-30(18-15-28)35-24-44-39(47-35)36-11-9-20-49(36)40(51)27(6)25(2)3/h14-19,22,24-27,31-32,36-37H,7-11,20-21,23H2,1-6H3,(H,44,47)(H,45,46)(H,48,53). The Kier molecular flexibility index (Phi) is 11.0. The first-order valence-corrected chi connectivity index (χ1v) is 20.4. The topological polar surface area (TPSA) is 136 Å². The summed E-state index contributed by atoms with van der Waals surface area (Å²) in [6.45, 7) is 13.4. The quantitative estimate of drug-likeness (QED) is 0.129. The van der Waals surface area contributed by atoms with Gasteiger partial charge in [0, 0.05) is 42.1 Å². The molecule has 3 aliphatic rings. The minimum atomic E-state index is -1.24. The lowest BCUT2D eigenvalue weighted by molar-refractivity contribution is -0.146. The monoisotopic (exact) mass is 758 g/mol. The lowest BCUT2D eigenvalue weighted by Gasteiger charge is -2.54. The molecule has 6 unspecified atom stereocenters. The van der Waals surface area contributed by atoms with E-state index in [0.717, 1.165) is 83.7 Å². The summed E-state index contributed by atoms with van der Waals surface area (Å²) < 4.78 is 5.10. The van der Waals surface area contributed by atoms with Crippen molar-refractivity contribution in [1.82, 2.24) is 35.1 Å². The second-order valence-corrected chi connectivity index (χ2v) is 16.9. The van der Waals surface area contributed by atoms with E-state index in [2.05, 4.69) is 51.2 Å². The maximum atomic E-state index is 13.9. The number of piperidine rings is 1. The highest BCUT2D eigenvalue weighted by molar-refractivity contribution is 6.29. The molecule has 1 saturated carbocycles. The van der Waals surface area contributed by atoms with Gasteiger partial charge in [0.25, 0.3) is 0 Å². The zero-order valence-electron chi connectivity index (χ0n) is 32.7. The molecule has 12 heteroatoms. The maximum absolute atomic E-state index is 13.9. The Morgan fingerprint density at radius 3 is 2.40 bits per heavy atom. The molecule has 3 fully saturated rings. The largest absolute Gasteiger partial charge is 0.450 e. The van der Waals surface area contributed by atoms with Crippen molar-refractivity contribution in [3.8, 4) is 23.1 Å². The highest BCUT2D eigenvalue weighted by Crippen LogP contribution is 2.50. The molecule has 6 atom stereocenters. The molecule has 4 aromatic rings. The third kappa shape index (κ3) is 7.55. The normalized spacial score (nSPS) is 22.4. The molecular weight excluding hydrogens is 707 g/mol. The molecule has 2 aromatic heterocycles. The number of nitrogens with one attached hydrogen (secondary N) is 3. The van der Waals surface area contributed by atoms with E-state index >= 15 is 0 Å².